The zero-order valence-corrected chi connectivity index (χ0v) is 9.62. The van der Waals surface area contributed by atoms with Crippen molar-refractivity contribution in [3.63, 3.8) is 0 Å². The molecule has 0 radical (unpaired) electrons. The molecule has 0 saturated carbocycles. The molecule has 3 nitrogen and oxygen atoms in total. The minimum Gasteiger partial charge on any atom is -0.294 e. The third kappa shape index (κ3) is 2.35. The number of carbonyl (C=O) groups is 1. The standard InChI is InChI=1S/C9H8ClFO3S/c1-5(12)8-6(10)3-4-7(9(8)11)15(2,13)14/h3-4H,1-2H3. The number of carbonyl (C=O) groups excluding carboxylic acids is 1. The maximum absolute atomic E-state index is 13.6. The zero-order chi connectivity index (χ0) is 11.8. The van der Waals surface area contributed by atoms with Gasteiger partial charge in [0.1, 0.15) is 4.90 Å². The van der Waals surface area contributed by atoms with Crippen LogP contribution in [0, 0.1) is 5.82 Å². The molecule has 0 aliphatic rings. The predicted octanol–water partition coefficient (Wildman–Crippen LogP) is 2.09. The van der Waals surface area contributed by atoms with Gasteiger partial charge in [-0.05, 0) is 19.1 Å². The van der Waals surface area contributed by atoms with E-state index in [4.69, 9.17) is 11.6 Å². The summed E-state index contributed by atoms with van der Waals surface area (Å²) >= 11 is 5.59. The monoisotopic (exact) mass is 250 g/mol. The fourth-order valence-corrected chi connectivity index (χ4v) is 2.16. The average molecular weight is 251 g/mol. The molecule has 0 heterocycles. The second-order valence-corrected chi connectivity index (χ2v) is 5.45. The van der Waals surface area contributed by atoms with Crippen LogP contribution in [0.4, 0.5) is 4.39 Å². The maximum atomic E-state index is 13.6. The Morgan fingerprint density at radius 2 is 1.93 bits per heavy atom. The predicted molar refractivity (Wildman–Crippen MR) is 54.5 cm³/mol. The van der Waals surface area contributed by atoms with Crippen molar-refractivity contribution in [3.8, 4) is 0 Å². The lowest BCUT2D eigenvalue weighted by atomic mass is 10.1. The van der Waals surface area contributed by atoms with Crippen molar-refractivity contribution in [2.45, 2.75) is 11.8 Å². The Hall–Kier alpha value is -0.940. The number of sulfone groups is 1. The highest BCUT2D eigenvalue weighted by Gasteiger charge is 2.21. The number of halogens is 2. The van der Waals surface area contributed by atoms with E-state index in [9.17, 15) is 17.6 Å². The molecule has 6 heteroatoms. The van der Waals surface area contributed by atoms with Crippen LogP contribution in [-0.4, -0.2) is 20.5 Å². The molecule has 1 aromatic rings. The van der Waals surface area contributed by atoms with E-state index in [0.29, 0.717) is 0 Å². The fraction of sp³-hybridized carbons (Fsp3) is 0.222. The first-order valence-electron chi connectivity index (χ1n) is 3.94. The second-order valence-electron chi connectivity index (χ2n) is 3.06. The summed E-state index contributed by atoms with van der Waals surface area (Å²) in [5, 5.41) is -0.0904. The Morgan fingerprint density at radius 3 is 2.33 bits per heavy atom. The molecular weight excluding hydrogens is 243 g/mol. The van der Waals surface area contributed by atoms with E-state index in [1.54, 1.807) is 0 Å². The average Bonchev–Trinajstić information content (AvgIpc) is 2.00. The van der Waals surface area contributed by atoms with Crippen molar-refractivity contribution in [3.05, 3.63) is 28.5 Å². The minimum atomic E-state index is -3.69. The van der Waals surface area contributed by atoms with Gasteiger partial charge in [-0.2, -0.15) is 0 Å². The van der Waals surface area contributed by atoms with Crippen LogP contribution >= 0.6 is 11.6 Å². The maximum Gasteiger partial charge on any atom is 0.178 e. The van der Waals surface area contributed by atoms with Gasteiger partial charge in [0.05, 0.1) is 10.6 Å². The molecule has 0 N–H and O–H groups in total. The number of hydrogen-bond donors (Lipinski definition) is 0. The van der Waals surface area contributed by atoms with Crippen LogP contribution in [0.2, 0.25) is 5.02 Å². The number of Topliss-reactive ketones (excluding diaryl/α,β-unsaturated/α-hetero) is 1. The van der Waals surface area contributed by atoms with Crippen molar-refractivity contribution in [2.75, 3.05) is 6.26 Å². The van der Waals surface area contributed by atoms with Gasteiger partial charge in [0, 0.05) is 6.26 Å². The van der Waals surface area contributed by atoms with E-state index in [-0.39, 0.29) is 10.6 Å². The van der Waals surface area contributed by atoms with Crippen molar-refractivity contribution in [2.24, 2.45) is 0 Å². The first kappa shape index (κ1) is 12.1. The number of hydrogen-bond acceptors (Lipinski definition) is 3. The van der Waals surface area contributed by atoms with Crippen LogP contribution in [0.5, 0.6) is 0 Å². The molecule has 15 heavy (non-hydrogen) atoms. The Kier molecular flexibility index (Phi) is 3.16. The third-order valence-electron chi connectivity index (χ3n) is 1.81. The Bertz CT molecular complexity index is 522. The quantitative estimate of drug-likeness (QED) is 0.755. The number of ketones is 1. The number of rotatable bonds is 2. The highest BCUT2D eigenvalue weighted by Crippen LogP contribution is 2.25. The molecule has 0 atom stereocenters. The molecule has 0 fully saturated rings. The molecule has 1 aromatic carbocycles. The first-order chi connectivity index (χ1) is 6.75. The van der Waals surface area contributed by atoms with Crippen molar-refractivity contribution in [1.29, 1.82) is 0 Å². The summed E-state index contributed by atoms with van der Waals surface area (Å²) in [6.07, 6.45) is 0.864. The Morgan fingerprint density at radius 1 is 1.40 bits per heavy atom. The molecule has 1 rings (SSSR count). The van der Waals surface area contributed by atoms with Gasteiger partial charge in [0.25, 0.3) is 0 Å². The topological polar surface area (TPSA) is 51.2 Å². The molecule has 0 bridgehead atoms. The van der Waals surface area contributed by atoms with E-state index < -0.39 is 26.3 Å². The lowest BCUT2D eigenvalue weighted by Gasteiger charge is -2.06. The molecule has 0 amide bonds. The zero-order valence-electron chi connectivity index (χ0n) is 8.04. The normalized spacial score (nSPS) is 11.5. The van der Waals surface area contributed by atoms with Crippen LogP contribution in [0.1, 0.15) is 17.3 Å². The second kappa shape index (κ2) is 3.90. The van der Waals surface area contributed by atoms with E-state index >= 15 is 0 Å². The van der Waals surface area contributed by atoms with Gasteiger partial charge < -0.3 is 0 Å². The summed E-state index contributed by atoms with van der Waals surface area (Å²) in [5.74, 6) is -1.69. The van der Waals surface area contributed by atoms with Crippen LogP contribution in [0.3, 0.4) is 0 Å². The molecular formula is C9H8ClFO3S. The van der Waals surface area contributed by atoms with Crippen molar-refractivity contribution in [1.82, 2.24) is 0 Å². The van der Waals surface area contributed by atoms with Gasteiger partial charge in [0.15, 0.2) is 21.4 Å². The molecule has 0 aromatic heterocycles. The van der Waals surface area contributed by atoms with Crippen molar-refractivity contribution < 1.29 is 17.6 Å². The highest BCUT2D eigenvalue weighted by atomic mass is 35.5. The van der Waals surface area contributed by atoms with Crippen LogP contribution in [-0.2, 0) is 9.84 Å². The summed E-state index contributed by atoms with van der Waals surface area (Å²) in [5.41, 5.74) is -0.389. The van der Waals surface area contributed by atoms with Gasteiger partial charge in [-0.25, -0.2) is 12.8 Å². The molecule has 0 saturated heterocycles. The van der Waals surface area contributed by atoms with E-state index in [0.717, 1.165) is 19.2 Å². The summed E-state index contributed by atoms with van der Waals surface area (Å²) in [7, 11) is -3.69. The first-order valence-corrected chi connectivity index (χ1v) is 6.21. The largest absolute Gasteiger partial charge is 0.294 e. The highest BCUT2D eigenvalue weighted by molar-refractivity contribution is 7.90. The van der Waals surface area contributed by atoms with E-state index in [1.165, 1.54) is 6.07 Å². The lowest BCUT2D eigenvalue weighted by Crippen LogP contribution is -2.07. The molecule has 0 aliphatic carbocycles. The van der Waals surface area contributed by atoms with Crippen molar-refractivity contribution >= 4 is 27.2 Å². The fourth-order valence-electron chi connectivity index (χ4n) is 1.14. The van der Waals surface area contributed by atoms with Gasteiger partial charge in [-0.15, -0.1) is 0 Å². The van der Waals surface area contributed by atoms with Crippen LogP contribution < -0.4 is 0 Å². The smallest absolute Gasteiger partial charge is 0.178 e. The molecule has 0 aliphatic heterocycles. The van der Waals surface area contributed by atoms with Gasteiger partial charge in [-0.1, -0.05) is 11.6 Å². The lowest BCUT2D eigenvalue weighted by molar-refractivity contribution is 0.101. The van der Waals surface area contributed by atoms with Gasteiger partial charge >= 0.3 is 0 Å². The van der Waals surface area contributed by atoms with E-state index in [2.05, 4.69) is 0 Å². The molecule has 82 valence electrons. The summed E-state index contributed by atoms with van der Waals surface area (Å²) in [4.78, 5) is 10.5. The van der Waals surface area contributed by atoms with Crippen LogP contribution in [0.15, 0.2) is 17.0 Å². The number of benzene rings is 1. The molecule has 0 spiro atoms. The summed E-state index contributed by atoms with van der Waals surface area (Å²) in [6, 6.07) is 2.23. The van der Waals surface area contributed by atoms with Gasteiger partial charge in [0.2, 0.25) is 0 Å². The Balaban J connectivity index is 3.64. The summed E-state index contributed by atoms with van der Waals surface area (Å²) < 4.78 is 35.9. The molecule has 0 unspecified atom stereocenters. The third-order valence-corrected chi connectivity index (χ3v) is 3.24. The van der Waals surface area contributed by atoms with E-state index in [1.807, 2.05) is 0 Å². The Labute approximate surface area is 91.8 Å². The minimum absolute atomic E-state index is 0.0904. The summed E-state index contributed by atoms with van der Waals surface area (Å²) in [6.45, 7) is 1.12. The van der Waals surface area contributed by atoms with Gasteiger partial charge in [-0.3, -0.25) is 4.79 Å². The van der Waals surface area contributed by atoms with Crippen LogP contribution in [0.25, 0.3) is 0 Å². The SMILES string of the molecule is CC(=O)c1c(Cl)ccc(S(C)(=O)=O)c1F.